The summed E-state index contributed by atoms with van der Waals surface area (Å²) in [4.78, 5) is 12.2. The van der Waals surface area contributed by atoms with Crippen LogP contribution in [0.25, 0.3) is 0 Å². The number of aryl methyl sites for hydroxylation is 1. The number of hydrogen-bond donors (Lipinski definition) is 2. The molecule has 2 N–H and O–H groups in total. The maximum atomic E-state index is 13.5. The molecule has 3 rings (SSSR count). The Bertz CT molecular complexity index is 1150. The number of sulfonamides is 1. The minimum Gasteiger partial charge on any atom is -0.396 e. The second-order valence-electron chi connectivity index (χ2n) is 8.43. The molecule has 0 amide bonds. The Morgan fingerprint density at radius 2 is 1.79 bits per heavy atom. The maximum absolute atomic E-state index is 13.5. The van der Waals surface area contributed by atoms with E-state index in [1.807, 2.05) is 0 Å². The largest absolute Gasteiger partial charge is 0.421 e. The van der Waals surface area contributed by atoms with Crippen LogP contribution in [0, 0.1) is 5.82 Å². The van der Waals surface area contributed by atoms with Gasteiger partial charge in [0.1, 0.15) is 11.6 Å². The first-order valence-electron chi connectivity index (χ1n) is 10.6. The summed E-state index contributed by atoms with van der Waals surface area (Å²) in [5.41, 5.74) is -3.21. The molecule has 1 aliphatic heterocycles. The number of halogens is 4. The van der Waals surface area contributed by atoms with Crippen molar-refractivity contribution in [2.45, 2.75) is 61.7 Å². The molecule has 0 bridgehead atoms. The van der Waals surface area contributed by atoms with Gasteiger partial charge in [-0.25, -0.2) is 12.8 Å². The highest BCUT2D eigenvalue weighted by Gasteiger charge is 2.51. The van der Waals surface area contributed by atoms with Gasteiger partial charge in [-0.05, 0) is 67.6 Å². The van der Waals surface area contributed by atoms with Crippen molar-refractivity contribution in [1.29, 1.82) is 0 Å². The van der Waals surface area contributed by atoms with E-state index in [2.05, 4.69) is 0 Å². The molecule has 2 aromatic carbocycles. The molecule has 2 aromatic rings. The minimum atomic E-state index is -4.95. The van der Waals surface area contributed by atoms with Crippen molar-refractivity contribution >= 4 is 21.5 Å². The van der Waals surface area contributed by atoms with Crippen molar-refractivity contribution in [3.63, 3.8) is 0 Å². The van der Waals surface area contributed by atoms with Crippen molar-refractivity contribution in [3.8, 4) is 0 Å². The quantitative estimate of drug-likeness (QED) is 0.534. The monoisotopic (exact) mass is 503 g/mol. The van der Waals surface area contributed by atoms with Crippen LogP contribution in [0.2, 0.25) is 0 Å². The molecule has 34 heavy (non-hydrogen) atoms. The smallest absolute Gasteiger partial charge is 0.396 e. The van der Waals surface area contributed by atoms with Gasteiger partial charge in [-0.3, -0.25) is 9.10 Å². The number of aliphatic hydroxyl groups excluding tert-OH is 1. The number of benzene rings is 2. The summed E-state index contributed by atoms with van der Waals surface area (Å²) in [6.45, 7) is 0.423. The summed E-state index contributed by atoms with van der Waals surface area (Å²) in [6.07, 6.45) is -4.49. The van der Waals surface area contributed by atoms with Gasteiger partial charge in [-0.1, -0.05) is 12.1 Å². The van der Waals surface area contributed by atoms with Crippen LogP contribution in [0.5, 0.6) is 0 Å². The molecule has 0 fully saturated rings. The standard InChI is InChI=1S/C23H25F4NO5S/c1-22(31,23(25,26)27)16-5-11-21-15(13-16)4-8-18(14-19(30)3-2-12-29)28(21)34(32,33)20-9-6-17(24)7-10-20/h5-7,9-11,13,18,29,31H,2-4,8,12,14H2,1H3. The molecule has 0 radical (unpaired) electrons. The molecule has 0 aromatic heterocycles. The second-order valence-corrected chi connectivity index (χ2v) is 10.2. The fourth-order valence-corrected chi connectivity index (χ4v) is 5.69. The molecule has 1 aliphatic rings. The van der Waals surface area contributed by atoms with E-state index in [9.17, 15) is 35.9 Å². The highest BCUT2D eigenvalue weighted by atomic mass is 32.2. The van der Waals surface area contributed by atoms with Gasteiger partial charge >= 0.3 is 6.18 Å². The van der Waals surface area contributed by atoms with Gasteiger partial charge in [0, 0.05) is 19.4 Å². The third-order valence-corrected chi connectivity index (χ3v) is 7.84. The number of alkyl halides is 3. The van der Waals surface area contributed by atoms with Crippen LogP contribution in [0.15, 0.2) is 47.4 Å². The van der Waals surface area contributed by atoms with Gasteiger partial charge in [-0.15, -0.1) is 0 Å². The van der Waals surface area contributed by atoms with E-state index in [0.29, 0.717) is 6.92 Å². The predicted molar refractivity (Wildman–Crippen MR) is 116 cm³/mol. The average Bonchev–Trinajstić information content (AvgIpc) is 2.76. The number of aliphatic hydroxyl groups is 2. The number of fused-ring (bicyclic) bond motifs is 1. The van der Waals surface area contributed by atoms with Crippen molar-refractivity contribution in [1.82, 2.24) is 0 Å². The lowest BCUT2D eigenvalue weighted by molar-refractivity contribution is -0.258. The topological polar surface area (TPSA) is 94.9 Å². The molecule has 11 heteroatoms. The van der Waals surface area contributed by atoms with E-state index in [1.54, 1.807) is 0 Å². The molecule has 0 saturated carbocycles. The highest BCUT2D eigenvalue weighted by molar-refractivity contribution is 7.92. The number of hydrogen-bond acceptors (Lipinski definition) is 5. The van der Waals surface area contributed by atoms with Crippen LogP contribution in [0.3, 0.4) is 0 Å². The number of nitrogens with zero attached hydrogens (tertiary/aromatic N) is 1. The molecule has 0 aliphatic carbocycles. The normalized spacial score (nSPS) is 18.3. The first kappa shape index (κ1) is 26.1. The molecule has 0 spiro atoms. The van der Waals surface area contributed by atoms with E-state index in [4.69, 9.17) is 5.11 Å². The van der Waals surface area contributed by atoms with E-state index in [1.165, 1.54) is 6.07 Å². The van der Waals surface area contributed by atoms with Crippen molar-refractivity contribution in [3.05, 3.63) is 59.4 Å². The van der Waals surface area contributed by atoms with E-state index in [0.717, 1.165) is 40.7 Å². The zero-order valence-electron chi connectivity index (χ0n) is 18.3. The Balaban J connectivity index is 2.09. The Morgan fingerprint density at radius 1 is 1.15 bits per heavy atom. The number of anilines is 1. The zero-order valence-corrected chi connectivity index (χ0v) is 19.2. The van der Waals surface area contributed by atoms with Gasteiger partial charge in [-0.2, -0.15) is 13.2 Å². The van der Waals surface area contributed by atoms with Crippen LogP contribution in [-0.4, -0.2) is 43.2 Å². The Kier molecular flexibility index (Phi) is 7.40. The molecule has 6 nitrogen and oxygen atoms in total. The summed E-state index contributed by atoms with van der Waals surface area (Å²) in [5.74, 6) is -0.911. The zero-order chi connectivity index (χ0) is 25.3. The minimum absolute atomic E-state index is 0.0533. The first-order chi connectivity index (χ1) is 15.8. The molecule has 2 unspecified atom stereocenters. The van der Waals surface area contributed by atoms with Gasteiger partial charge < -0.3 is 10.2 Å². The lowest BCUT2D eigenvalue weighted by Gasteiger charge is -2.38. The van der Waals surface area contributed by atoms with E-state index >= 15 is 0 Å². The Hall–Kier alpha value is -2.50. The number of carbonyl (C=O) groups excluding carboxylic acids is 1. The van der Waals surface area contributed by atoms with Crippen LogP contribution in [0.1, 0.15) is 43.7 Å². The molecular weight excluding hydrogens is 478 g/mol. The SMILES string of the molecule is CC(O)(c1ccc2c(c1)CCC(CC(=O)CCCO)N2S(=O)(=O)c1ccc(F)cc1)C(F)(F)F. The second kappa shape index (κ2) is 9.63. The number of ketones is 1. The number of carbonyl (C=O) groups is 1. The van der Waals surface area contributed by atoms with Gasteiger partial charge in [0.15, 0.2) is 5.60 Å². The molecule has 1 heterocycles. The van der Waals surface area contributed by atoms with Crippen LogP contribution < -0.4 is 4.31 Å². The molecular formula is C23H25F4NO5S. The van der Waals surface area contributed by atoms with Crippen LogP contribution >= 0.6 is 0 Å². The maximum Gasteiger partial charge on any atom is 0.421 e. The van der Waals surface area contributed by atoms with E-state index < -0.39 is 39.2 Å². The van der Waals surface area contributed by atoms with Gasteiger partial charge in [0.05, 0.1) is 16.6 Å². The first-order valence-corrected chi connectivity index (χ1v) is 12.1. The highest BCUT2D eigenvalue weighted by Crippen LogP contribution is 2.43. The van der Waals surface area contributed by atoms with Crippen molar-refractivity contribution in [2.24, 2.45) is 0 Å². The number of Topliss-reactive ketones (excluding diaryl/α,β-unsaturated/α-hetero) is 1. The summed E-state index contributed by atoms with van der Waals surface area (Å²) in [7, 11) is -4.30. The molecule has 2 atom stereocenters. The molecule has 0 saturated heterocycles. The summed E-state index contributed by atoms with van der Waals surface area (Å²) in [5, 5.41) is 19.0. The van der Waals surface area contributed by atoms with Crippen molar-refractivity contribution < 1.29 is 41.0 Å². The van der Waals surface area contributed by atoms with Crippen LogP contribution in [0.4, 0.5) is 23.2 Å². The summed E-state index contributed by atoms with van der Waals surface area (Å²) >= 11 is 0. The average molecular weight is 504 g/mol. The Labute approximate surface area is 194 Å². The van der Waals surface area contributed by atoms with Crippen molar-refractivity contribution in [2.75, 3.05) is 10.9 Å². The van der Waals surface area contributed by atoms with Gasteiger partial charge in [0.2, 0.25) is 0 Å². The van der Waals surface area contributed by atoms with E-state index in [-0.39, 0.29) is 60.6 Å². The third kappa shape index (κ3) is 5.11. The van der Waals surface area contributed by atoms with Crippen LogP contribution in [-0.2, 0) is 26.8 Å². The molecule has 186 valence electrons. The number of rotatable bonds is 8. The fourth-order valence-electron chi connectivity index (χ4n) is 3.98. The summed E-state index contributed by atoms with van der Waals surface area (Å²) in [6, 6.07) is 6.61. The fraction of sp³-hybridized carbons (Fsp3) is 0.435. The lowest BCUT2D eigenvalue weighted by atomic mass is 9.88. The predicted octanol–water partition coefficient (Wildman–Crippen LogP) is 3.84. The van der Waals surface area contributed by atoms with Gasteiger partial charge in [0.25, 0.3) is 10.0 Å². The Morgan fingerprint density at radius 3 is 2.38 bits per heavy atom. The lowest BCUT2D eigenvalue weighted by Crippen LogP contribution is -2.45. The third-order valence-electron chi connectivity index (χ3n) is 5.96. The summed E-state index contributed by atoms with van der Waals surface area (Å²) < 4.78 is 81.5.